The third-order valence-corrected chi connectivity index (χ3v) is 5.34. The Morgan fingerprint density at radius 2 is 2.18 bits per heavy atom. The van der Waals surface area contributed by atoms with Crippen molar-refractivity contribution in [2.75, 3.05) is 6.61 Å². The average Bonchev–Trinajstić information content (AvgIpc) is 2.98. The van der Waals surface area contributed by atoms with Gasteiger partial charge in [0, 0.05) is 20.6 Å². The minimum atomic E-state index is -0.972. The van der Waals surface area contributed by atoms with Crippen molar-refractivity contribution in [3.63, 3.8) is 0 Å². The normalized spacial score (nSPS) is 16.5. The van der Waals surface area contributed by atoms with E-state index in [0.717, 1.165) is 11.2 Å². The van der Waals surface area contributed by atoms with E-state index in [1.165, 1.54) is 24.6 Å². The smallest absolute Gasteiger partial charge is 0.127 e. The SMILES string of the molecule is C[Si](C)(C)CCOCn1cnc(Br)c1C1CC1. The van der Waals surface area contributed by atoms with Crippen LogP contribution < -0.4 is 0 Å². The summed E-state index contributed by atoms with van der Waals surface area (Å²) in [4.78, 5) is 4.31. The molecule has 5 heteroatoms. The summed E-state index contributed by atoms with van der Waals surface area (Å²) in [6.07, 6.45) is 4.46. The molecule has 0 bridgehead atoms. The lowest BCUT2D eigenvalue weighted by Gasteiger charge is -2.16. The number of ether oxygens (including phenoxy) is 1. The van der Waals surface area contributed by atoms with E-state index >= 15 is 0 Å². The Hall–Kier alpha value is -0.133. The Morgan fingerprint density at radius 3 is 2.76 bits per heavy atom. The van der Waals surface area contributed by atoms with Crippen LogP contribution in [0.5, 0.6) is 0 Å². The highest BCUT2D eigenvalue weighted by molar-refractivity contribution is 9.10. The van der Waals surface area contributed by atoms with Gasteiger partial charge in [-0.25, -0.2) is 4.98 Å². The molecular formula is C12H21BrN2OSi. The Kier molecular flexibility index (Phi) is 4.10. The van der Waals surface area contributed by atoms with Gasteiger partial charge in [0.2, 0.25) is 0 Å². The van der Waals surface area contributed by atoms with Gasteiger partial charge in [-0.2, -0.15) is 0 Å². The number of rotatable bonds is 6. The first kappa shape index (κ1) is 13.3. The molecule has 0 saturated heterocycles. The number of halogens is 1. The third-order valence-electron chi connectivity index (χ3n) is 3.02. The van der Waals surface area contributed by atoms with Gasteiger partial charge in [-0.15, -0.1) is 0 Å². The fourth-order valence-electron chi connectivity index (χ4n) is 1.77. The van der Waals surface area contributed by atoms with Gasteiger partial charge < -0.3 is 9.30 Å². The predicted octanol–water partition coefficient (Wildman–Crippen LogP) is 3.84. The van der Waals surface area contributed by atoms with Gasteiger partial charge in [0.15, 0.2) is 0 Å². The van der Waals surface area contributed by atoms with E-state index < -0.39 is 8.07 Å². The molecule has 0 spiro atoms. The second-order valence-electron chi connectivity index (χ2n) is 6.01. The lowest BCUT2D eigenvalue weighted by Crippen LogP contribution is -2.22. The molecule has 17 heavy (non-hydrogen) atoms. The molecule has 1 fully saturated rings. The zero-order chi connectivity index (χ0) is 12.5. The van der Waals surface area contributed by atoms with Crippen molar-refractivity contribution in [2.45, 2.75) is 51.2 Å². The largest absolute Gasteiger partial charge is 0.361 e. The van der Waals surface area contributed by atoms with Gasteiger partial charge in [0.05, 0.1) is 12.0 Å². The second-order valence-corrected chi connectivity index (χ2v) is 12.4. The molecule has 0 N–H and O–H groups in total. The summed E-state index contributed by atoms with van der Waals surface area (Å²) in [7, 11) is -0.972. The molecule has 0 aliphatic heterocycles. The summed E-state index contributed by atoms with van der Waals surface area (Å²) >= 11 is 3.52. The van der Waals surface area contributed by atoms with Crippen molar-refractivity contribution in [1.82, 2.24) is 9.55 Å². The number of hydrogen-bond acceptors (Lipinski definition) is 2. The van der Waals surface area contributed by atoms with E-state index in [1.54, 1.807) is 0 Å². The van der Waals surface area contributed by atoms with Gasteiger partial charge in [-0.05, 0) is 34.8 Å². The minimum absolute atomic E-state index is 0.648. The van der Waals surface area contributed by atoms with E-state index in [2.05, 4.69) is 45.1 Å². The van der Waals surface area contributed by atoms with Crippen LogP contribution in [-0.4, -0.2) is 24.2 Å². The molecule has 0 atom stereocenters. The first-order chi connectivity index (χ1) is 7.97. The van der Waals surface area contributed by atoms with Gasteiger partial charge in [-0.1, -0.05) is 19.6 Å². The summed E-state index contributed by atoms with van der Waals surface area (Å²) in [6.45, 7) is 8.64. The zero-order valence-electron chi connectivity index (χ0n) is 10.9. The monoisotopic (exact) mass is 316 g/mol. The molecule has 1 aliphatic carbocycles. The number of imidazole rings is 1. The Labute approximate surface area is 113 Å². The molecule has 1 aromatic rings. The first-order valence-corrected chi connectivity index (χ1v) is 10.8. The van der Waals surface area contributed by atoms with Crippen LogP contribution in [0.15, 0.2) is 10.9 Å². The molecule has 1 aliphatic rings. The molecule has 96 valence electrons. The Bertz CT molecular complexity index is 382. The molecule has 1 heterocycles. The van der Waals surface area contributed by atoms with E-state index in [4.69, 9.17) is 4.74 Å². The molecule has 1 aromatic heterocycles. The van der Waals surface area contributed by atoms with Gasteiger partial charge in [0.1, 0.15) is 11.3 Å². The van der Waals surface area contributed by atoms with Crippen LogP contribution in [0.25, 0.3) is 0 Å². The van der Waals surface area contributed by atoms with Crippen LogP contribution in [0.4, 0.5) is 0 Å². The zero-order valence-corrected chi connectivity index (χ0v) is 13.5. The van der Waals surface area contributed by atoms with Gasteiger partial charge in [0.25, 0.3) is 0 Å². The Morgan fingerprint density at radius 1 is 1.47 bits per heavy atom. The molecule has 0 unspecified atom stereocenters. The van der Waals surface area contributed by atoms with Crippen molar-refractivity contribution >= 4 is 24.0 Å². The van der Waals surface area contributed by atoms with Crippen molar-refractivity contribution in [3.8, 4) is 0 Å². The average molecular weight is 317 g/mol. The summed E-state index contributed by atoms with van der Waals surface area (Å²) in [6, 6.07) is 1.22. The maximum Gasteiger partial charge on any atom is 0.127 e. The van der Waals surface area contributed by atoms with Gasteiger partial charge in [-0.3, -0.25) is 0 Å². The highest BCUT2D eigenvalue weighted by Crippen LogP contribution is 2.42. The molecule has 0 aromatic carbocycles. The standard InChI is InChI=1S/C12H21BrN2OSi/c1-17(2,3)7-6-16-9-15-8-14-12(13)11(15)10-4-5-10/h8,10H,4-7,9H2,1-3H3. The summed E-state index contributed by atoms with van der Waals surface area (Å²) < 4.78 is 8.90. The van der Waals surface area contributed by atoms with Crippen LogP contribution in [0.3, 0.4) is 0 Å². The molecule has 3 nitrogen and oxygen atoms in total. The summed E-state index contributed by atoms with van der Waals surface area (Å²) in [5, 5.41) is 0. The fourth-order valence-corrected chi connectivity index (χ4v) is 3.17. The third kappa shape index (κ3) is 3.93. The first-order valence-electron chi connectivity index (χ1n) is 6.25. The fraction of sp³-hybridized carbons (Fsp3) is 0.750. The van der Waals surface area contributed by atoms with Crippen molar-refractivity contribution in [3.05, 3.63) is 16.6 Å². The molecule has 1 saturated carbocycles. The highest BCUT2D eigenvalue weighted by Gasteiger charge is 2.29. The topological polar surface area (TPSA) is 27.1 Å². The van der Waals surface area contributed by atoms with Crippen LogP contribution in [-0.2, 0) is 11.5 Å². The predicted molar refractivity (Wildman–Crippen MR) is 76.0 cm³/mol. The Balaban J connectivity index is 1.83. The van der Waals surface area contributed by atoms with E-state index in [-0.39, 0.29) is 0 Å². The molecule has 0 radical (unpaired) electrons. The number of hydrogen-bond donors (Lipinski definition) is 0. The minimum Gasteiger partial charge on any atom is -0.361 e. The van der Waals surface area contributed by atoms with Gasteiger partial charge >= 0.3 is 0 Å². The van der Waals surface area contributed by atoms with E-state index in [9.17, 15) is 0 Å². The molecule has 0 amide bonds. The maximum atomic E-state index is 5.76. The number of nitrogens with zero attached hydrogens (tertiary/aromatic N) is 2. The molecule has 2 rings (SSSR count). The maximum absolute atomic E-state index is 5.76. The van der Waals surface area contributed by atoms with E-state index in [1.807, 2.05) is 6.33 Å². The highest BCUT2D eigenvalue weighted by atomic mass is 79.9. The lowest BCUT2D eigenvalue weighted by molar-refractivity contribution is 0.0852. The summed E-state index contributed by atoms with van der Waals surface area (Å²) in [5.74, 6) is 0.701. The van der Waals surface area contributed by atoms with E-state index in [0.29, 0.717) is 12.6 Å². The lowest BCUT2D eigenvalue weighted by atomic mass is 10.3. The van der Waals surface area contributed by atoms with Crippen LogP contribution >= 0.6 is 15.9 Å². The van der Waals surface area contributed by atoms with Crippen molar-refractivity contribution in [1.29, 1.82) is 0 Å². The summed E-state index contributed by atoms with van der Waals surface area (Å²) in [5.41, 5.74) is 1.32. The van der Waals surface area contributed by atoms with Crippen LogP contribution in [0.2, 0.25) is 25.7 Å². The van der Waals surface area contributed by atoms with Crippen LogP contribution in [0.1, 0.15) is 24.5 Å². The van der Waals surface area contributed by atoms with Crippen molar-refractivity contribution < 1.29 is 4.74 Å². The number of aromatic nitrogens is 2. The van der Waals surface area contributed by atoms with Crippen LogP contribution in [0, 0.1) is 0 Å². The quantitative estimate of drug-likeness (QED) is 0.589. The second kappa shape index (κ2) is 5.24. The van der Waals surface area contributed by atoms with Crippen molar-refractivity contribution in [2.24, 2.45) is 0 Å². The molecular weight excluding hydrogens is 296 g/mol.